The van der Waals surface area contributed by atoms with Gasteiger partial charge in [-0.2, -0.15) is 0 Å². The van der Waals surface area contributed by atoms with Crippen LogP contribution in [0.5, 0.6) is 5.75 Å². The van der Waals surface area contributed by atoms with Crippen LogP contribution in [0.1, 0.15) is 67.8 Å². The highest BCUT2D eigenvalue weighted by molar-refractivity contribution is 5.34. The van der Waals surface area contributed by atoms with Crippen LogP contribution in [-0.2, 0) is 6.54 Å². The Morgan fingerprint density at radius 3 is 1.89 bits per heavy atom. The third-order valence-corrected chi connectivity index (χ3v) is 7.25. The van der Waals surface area contributed by atoms with Crippen molar-refractivity contribution in [2.24, 2.45) is 0 Å². The molecule has 3 aromatic carbocycles. The van der Waals surface area contributed by atoms with Crippen molar-refractivity contribution in [2.45, 2.75) is 52.1 Å². The van der Waals surface area contributed by atoms with E-state index < -0.39 is 0 Å². The molecular weight excluding hydrogens is 482 g/mol. The zero-order chi connectivity index (χ0) is 27.1. The minimum absolute atomic E-state index is 0.0362. The Balaban J connectivity index is 1.51. The Hall–Kier alpha value is -3.09. The molecule has 0 N–H and O–H groups in total. The maximum Gasteiger partial charge on any atom is 0.224 e. The molecule has 202 valence electrons. The minimum atomic E-state index is -0.278. The molecule has 1 saturated heterocycles. The average Bonchev–Trinajstić information content (AvgIpc) is 3.06. The maximum absolute atomic E-state index is 13.6. The van der Waals surface area contributed by atoms with E-state index >= 15 is 0 Å². The van der Waals surface area contributed by atoms with Gasteiger partial charge < -0.3 is 4.74 Å². The van der Waals surface area contributed by atoms with Crippen LogP contribution in [-0.4, -0.2) is 42.6 Å². The van der Waals surface area contributed by atoms with Gasteiger partial charge in [0.15, 0.2) is 5.75 Å². The van der Waals surface area contributed by atoms with Crippen molar-refractivity contribution >= 4 is 0 Å². The van der Waals surface area contributed by atoms with Crippen molar-refractivity contribution in [3.05, 3.63) is 111 Å². The Labute approximate surface area is 224 Å². The molecule has 3 aromatic rings. The number of halogens is 2. The molecule has 0 radical (unpaired) electrons. The standard InChI is InChI=1S/C32H38F2N2O2/c1-4-5-20-38-30-21-26(23(2)3)6-7-27(32(30)37)22-35-16-18-36(19-17-35)31(24-8-12-28(33)13-9-24)25-10-14-29(34)15-11-25/h6-15,21,23,31H,4-5,16-20,22H2,1-3H3. The summed E-state index contributed by atoms with van der Waals surface area (Å²) in [7, 11) is 0. The molecule has 0 aliphatic carbocycles. The van der Waals surface area contributed by atoms with Gasteiger partial charge in [-0.15, -0.1) is 0 Å². The molecular formula is C32H38F2N2O2. The first kappa shape index (κ1) is 27.9. The van der Waals surface area contributed by atoms with E-state index in [-0.39, 0.29) is 23.1 Å². The molecule has 0 saturated carbocycles. The molecule has 6 heteroatoms. The van der Waals surface area contributed by atoms with Gasteiger partial charge in [0.25, 0.3) is 0 Å². The van der Waals surface area contributed by atoms with Crippen LogP contribution < -0.4 is 10.2 Å². The Morgan fingerprint density at radius 1 is 0.816 bits per heavy atom. The van der Waals surface area contributed by atoms with E-state index in [9.17, 15) is 13.6 Å². The van der Waals surface area contributed by atoms with Crippen molar-refractivity contribution < 1.29 is 13.5 Å². The summed E-state index contributed by atoms with van der Waals surface area (Å²) in [6, 6.07) is 18.9. The van der Waals surface area contributed by atoms with Gasteiger partial charge in [0.05, 0.1) is 12.6 Å². The first-order valence-electron chi connectivity index (χ1n) is 13.6. The SMILES string of the molecule is CCCCOc1cc(C(C)C)ccc(CN2CCN(C(c3ccc(F)cc3)c3ccc(F)cc3)CC2)c1=O. The molecule has 0 unspecified atom stereocenters. The number of ether oxygens (including phenoxy) is 1. The Bertz CT molecular complexity index is 1190. The fourth-order valence-corrected chi connectivity index (χ4v) is 4.94. The lowest BCUT2D eigenvalue weighted by atomic mass is 9.96. The first-order valence-corrected chi connectivity index (χ1v) is 13.6. The van der Waals surface area contributed by atoms with Gasteiger partial charge in [0.2, 0.25) is 5.43 Å². The second-order valence-electron chi connectivity index (χ2n) is 10.4. The number of piperazine rings is 1. The summed E-state index contributed by atoms with van der Waals surface area (Å²) in [5, 5.41) is 0. The number of hydrogen-bond donors (Lipinski definition) is 0. The molecule has 1 aliphatic rings. The van der Waals surface area contributed by atoms with Gasteiger partial charge in [-0.1, -0.05) is 63.6 Å². The number of nitrogens with zero attached hydrogens (tertiary/aromatic N) is 2. The lowest BCUT2D eigenvalue weighted by Crippen LogP contribution is -2.47. The van der Waals surface area contributed by atoms with E-state index in [1.54, 1.807) is 24.3 Å². The lowest BCUT2D eigenvalue weighted by Gasteiger charge is -2.39. The molecule has 0 aromatic heterocycles. The molecule has 0 spiro atoms. The van der Waals surface area contributed by atoms with Gasteiger partial charge >= 0.3 is 0 Å². The predicted molar refractivity (Wildman–Crippen MR) is 149 cm³/mol. The predicted octanol–water partition coefficient (Wildman–Crippen LogP) is 6.53. The first-order chi connectivity index (χ1) is 18.4. The van der Waals surface area contributed by atoms with Gasteiger partial charge in [0, 0.05) is 38.3 Å². The third-order valence-electron chi connectivity index (χ3n) is 7.25. The molecule has 38 heavy (non-hydrogen) atoms. The van der Waals surface area contributed by atoms with Crippen LogP contribution >= 0.6 is 0 Å². The highest BCUT2D eigenvalue weighted by Gasteiger charge is 2.27. The van der Waals surface area contributed by atoms with Crippen molar-refractivity contribution in [3.8, 4) is 5.75 Å². The topological polar surface area (TPSA) is 32.8 Å². The second kappa shape index (κ2) is 13.1. The second-order valence-corrected chi connectivity index (χ2v) is 10.4. The lowest BCUT2D eigenvalue weighted by molar-refractivity contribution is 0.104. The molecule has 4 nitrogen and oxygen atoms in total. The van der Waals surface area contributed by atoms with Crippen LogP contribution in [0.3, 0.4) is 0 Å². The zero-order valence-corrected chi connectivity index (χ0v) is 22.6. The highest BCUT2D eigenvalue weighted by atomic mass is 19.1. The summed E-state index contributed by atoms with van der Waals surface area (Å²) in [4.78, 5) is 18.0. The van der Waals surface area contributed by atoms with Crippen LogP contribution in [0, 0.1) is 11.6 Å². The van der Waals surface area contributed by atoms with E-state index in [1.807, 2.05) is 18.2 Å². The van der Waals surface area contributed by atoms with E-state index in [0.29, 0.717) is 24.8 Å². The molecule has 0 bridgehead atoms. The fourth-order valence-electron chi connectivity index (χ4n) is 4.94. The molecule has 1 heterocycles. The average molecular weight is 521 g/mol. The van der Waals surface area contributed by atoms with Crippen molar-refractivity contribution in [2.75, 3.05) is 32.8 Å². The van der Waals surface area contributed by atoms with Crippen LogP contribution in [0.4, 0.5) is 8.78 Å². The third kappa shape index (κ3) is 7.06. The van der Waals surface area contributed by atoms with Crippen molar-refractivity contribution in [3.63, 3.8) is 0 Å². The Kier molecular flexibility index (Phi) is 9.64. The monoisotopic (exact) mass is 520 g/mol. The van der Waals surface area contributed by atoms with Crippen molar-refractivity contribution in [1.29, 1.82) is 0 Å². The fraction of sp³-hybridized carbons (Fsp3) is 0.406. The van der Waals surface area contributed by atoms with Gasteiger partial charge in [-0.3, -0.25) is 14.6 Å². The molecule has 1 aliphatic heterocycles. The van der Waals surface area contributed by atoms with Crippen molar-refractivity contribution in [1.82, 2.24) is 9.80 Å². The molecule has 0 amide bonds. The highest BCUT2D eigenvalue weighted by Crippen LogP contribution is 2.30. The van der Waals surface area contributed by atoms with Crippen LogP contribution in [0.25, 0.3) is 0 Å². The normalized spacial score (nSPS) is 14.8. The number of rotatable bonds is 10. The van der Waals surface area contributed by atoms with Crippen LogP contribution in [0.2, 0.25) is 0 Å². The number of hydrogen-bond acceptors (Lipinski definition) is 4. The maximum atomic E-state index is 13.6. The largest absolute Gasteiger partial charge is 0.489 e. The number of benzene rings is 2. The number of unbranched alkanes of at least 4 members (excludes halogenated alkanes) is 1. The molecule has 4 rings (SSSR count). The van der Waals surface area contributed by atoms with E-state index in [4.69, 9.17) is 4.74 Å². The minimum Gasteiger partial charge on any atom is -0.489 e. The molecule has 1 fully saturated rings. The summed E-state index contributed by atoms with van der Waals surface area (Å²) >= 11 is 0. The van der Waals surface area contributed by atoms with E-state index in [1.165, 1.54) is 24.3 Å². The van der Waals surface area contributed by atoms with Gasteiger partial charge in [-0.25, -0.2) is 8.78 Å². The quantitative estimate of drug-likeness (QED) is 0.285. The summed E-state index contributed by atoms with van der Waals surface area (Å²) in [6.45, 7) is 10.5. The summed E-state index contributed by atoms with van der Waals surface area (Å²) in [5.41, 5.74) is 3.74. The van der Waals surface area contributed by atoms with E-state index in [2.05, 4.69) is 30.6 Å². The summed E-state index contributed by atoms with van der Waals surface area (Å²) in [5.74, 6) is 0.175. The Morgan fingerprint density at radius 2 is 1.37 bits per heavy atom. The summed E-state index contributed by atoms with van der Waals surface area (Å²) in [6.07, 6.45) is 1.92. The zero-order valence-electron chi connectivity index (χ0n) is 22.6. The van der Waals surface area contributed by atoms with Crippen LogP contribution in [0.15, 0.2) is 71.5 Å². The molecule has 0 atom stereocenters. The summed E-state index contributed by atoms with van der Waals surface area (Å²) < 4.78 is 33.2. The van der Waals surface area contributed by atoms with E-state index in [0.717, 1.165) is 61.3 Å². The smallest absolute Gasteiger partial charge is 0.224 e. The van der Waals surface area contributed by atoms with Gasteiger partial charge in [0.1, 0.15) is 11.6 Å². The van der Waals surface area contributed by atoms with Gasteiger partial charge in [-0.05, 0) is 59.4 Å².